The van der Waals surface area contributed by atoms with Crippen LogP contribution in [0.25, 0.3) is 10.2 Å². The molecule has 2 heterocycles. The summed E-state index contributed by atoms with van der Waals surface area (Å²) in [5.41, 5.74) is 5.21. The number of aromatic nitrogens is 1. The largest absolute Gasteiger partial charge is 0.271 e. The monoisotopic (exact) mass is 277 g/mol. The Labute approximate surface area is 119 Å². The lowest BCUT2D eigenvalue weighted by atomic mass is 10.0. The minimum absolute atomic E-state index is 0.223. The molecule has 4 heteroatoms. The van der Waals surface area contributed by atoms with E-state index in [9.17, 15) is 0 Å². The van der Waals surface area contributed by atoms with E-state index in [-0.39, 0.29) is 6.04 Å². The molecule has 2 aromatic heterocycles. The molecule has 0 aliphatic carbocycles. The van der Waals surface area contributed by atoms with E-state index >= 15 is 0 Å². The second kappa shape index (κ2) is 7.58. The number of hydrogen-bond donors (Lipinski definition) is 2. The van der Waals surface area contributed by atoms with Gasteiger partial charge in [-0.3, -0.25) is 16.3 Å². The first-order valence-corrected chi connectivity index (χ1v) is 8.02. The van der Waals surface area contributed by atoms with E-state index in [2.05, 4.69) is 34.8 Å². The van der Waals surface area contributed by atoms with E-state index in [1.54, 1.807) is 11.3 Å². The maximum absolute atomic E-state index is 5.69. The van der Waals surface area contributed by atoms with Crippen molar-refractivity contribution in [1.82, 2.24) is 10.4 Å². The van der Waals surface area contributed by atoms with Crippen molar-refractivity contribution >= 4 is 21.6 Å². The number of nitrogens with zero attached hydrogens (tertiary/aromatic N) is 1. The third kappa shape index (κ3) is 4.00. The Bertz CT molecular complexity index is 495. The molecule has 0 aliphatic heterocycles. The van der Waals surface area contributed by atoms with Gasteiger partial charge in [0.05, 0.1) is 10.2 Å². The second-order valence-corrected chi connectivity index (χ2v) is 5.94. The predicted octanol–water partition coefficient (Wildman–Crippen LogP) is 4.16. The quantitative estimate of drug-likeness (QED) is 0.433. The van der Waals surface area contributed by atoms with Crippen molar-refractivity contribution < 1.29 is 0 Å². The lowest BCUT2D eigenvalue weighted by molar-refractivity contribution is 0.478. The highest BCUT2D eigenvalue weighted by atomic mass is 32.1. The summed E-state index contributed by atoms with van der Waals surface area (Å²) in [5, 5.41) is 2.08. The first kappa shape index (κ1) is 14.4. The fraction of sp³-hybridized carbons (Fsp3) is 0.533. The van der Waals surface area contributed by atoms with Crippen molar-refractivity contribution in [2.45, 2.75) is 51.5 Å². The van der Waals surface area contributed by atoms with E-state index in [1.165, 1.54) is 42.4 Å². The lowest BCUT2D eigenvalue weighted by Crippen LogP contribution is -2.28. The van der Waals surface area contributed by atoms with Crippen LogP contribution in [0.1, 0.15) is 57.1 Å². The smallest absolute Gasteiger partial charge is 0.0809 e. The summed E-state index contributed by atoms with van der Waals surface area (Å²) in [6.45, 7) is 2.24. The predicted molar refractivity (Wildman–Crippen MR) is 83.1 cm³/mol. The summed E-state index contributed by atoms with van der Waals surface area (Å²) in [7, 11) is 0. The normalized spacial score (nSPS) is 12.9. The first-order valence-electron chi connectivity index (χ1n) is 7.14. The van der Waals surface area contributed by atoms with Crippen LogP contribution in [0.5, 0.6) is 0 Å². The Kier molecular flexibility index (Phi) is 5.76. The van der Waals surface area contributed by atoms with Gasteiger partial charge in [0.1, 0.15) is 0 Å². The highest BCUT2D eigenvalue weighted by Crippen LogP contribution is 2.25. The molecule has 0 saturated heterocycles. The van der Waals surface area contributed by atoms with Gasteiger partial charge in [-0.25, -0.2) is 0 Å². The summed E-state index contributed by atoms with van der Waals surface area (Å²) in [5.74, 6) is 5.69. The minimum Gasteiger partial charge on any atom is -0.271 e. The zero-order valence-corrected chi connectivity index (χ0v) is 12.4. The van der Waals surface area contributed by atoms with E-state index in [1.807, 2.05) is 6.20 Å². The average Bonchev–Trinajstić information content (AvgIpc) is 2.90. The molecular weight excluding hydrogens is 254 g/mol. The van der Waals surface area contributed by atoms with Crippen molar-refractivity contribution in [3.63, 3.8) is 0 Å². The van der Waals surface area contributed by atoms with Crippen molar-refractivity contribution in [3.8, 4) is 0 Å². The highest BCUT2D eigenvalue weighted by Gasteiger charge is 2.10. The minimum atomic E-state index is 0.223. The van der Waals surface area contributed by atoms with Gasteiger partial charge in [0.2, 0.25) is 0 Å². The van der Waals surface area contributed by atoms with Crippen LogP contribution in [-0.4, -0.2) is 4.98 Å². The molecule has 1 unspecified atom stereocenters. The number of pyridine rings is 1. The van der Waals surface area contributed by atoms with E-state index in [4.69, 9.17) is 5.84 Å². The molecule has 104 valence electrons. The lowest BCUT2D eigenvalue weighted by Gasteiger charge is -2.15. The first-order chi connectivity index (χ1) is 9.35. The molecule has 19 heavy (non-hydrogen) atoms. The molecule has 0 amide bonds. The third-order valence-electron chi connectivity index (χ3n) is 3.52. The molecule has 0 aliphatic rings. The van der Waals surface area contributed by atoms with Gasteiger partial charge in [0.15, 0.2) is 0 Å². The summed E-state index contributed by atoms with van der Waals surface area (Å²) in [6.07, 6.45) is 9.50. The average molecular weight is 277 g/mol. The number of nitrogens with two attached hydrogens (primary N) is 1. The number of thiophene rings is 1. The van der Waals surface area contributed by atoms with Crippen molar-refractivity contribution in [2.75, 3.05) is 0 Å². The number of unbranched alkanes of at least 4 members (excludes halogenated alkanes) is 4. The maximum atomic E-state index is 5.69. The standard InChI is InChI=1S/C15H23N3S/c1-2-3-4-5-6-7-13(18-16)12-10-15-14(17-11-12)8-9-19-15/h8-11,13,18H,2-7,16H2,1H3. The van der Waals surface area contributed by atoms with Gasteiger partial charge in [-0.2, -0.15) is 0 Å². The summed E-state index contributed by atoms with van der Waals surface area (Å²) >= 11 is 1.73. The maximum Gasteiger partial charge on any atom is 0.0809 e. The third-order valence-corrected chi connectivity index (χ3v) is 4.38. The summed E-state index contributed by atoms with van der Waals surface area (Å²) in [6, 6.07) is 4.49. The molecule has 0 spiro atoms. The van der Waals surface area contributed by atoms with Crippen LogP contribution in [0, 0.1) is 0 Å². The van der Waals surface area contributed by atoms with Gasteiger partial charge in [-0.15, -0.1) is 11.3 Å². The fourth-order valence-electron chi connectivity index (χ4n) is 2.35. The molecule has 0 fully saturated rings. The fourth-order valence-corrected chi connectivity index (χ4v) is 3.14. The van der Waals surface area contributed by atoms with Crippen LogP contribution < -0.4 is 11.3 Å². The molecule has 0 radical (unpaired) electrons. The van der Waals surface area contributed by atoms with Crippen LogP contribution in [0.4, 0.5) is 0 Å². The van der Waals surface area contributed by atoms with Crippen LogP contribution in [-0.2, 0) is 0 Å². The van der Waals surface area contributed by atoms with E-state index in [0.717, 1.165) is 11.9 Å². The molecule has 2 aromatic rings. The molecule has 3 nitrogen and oxygen atoms in total. The summed E-state index contributed by atoms with van der Waals surface area (Å²) in [4.78, 5) is 4.48. The molecule has 0 bridgehead atoms. The number of rotatable bonds is 8. The number of fused-ring (bicyclic) bond motifs is 1. The van der Waals surface area contributed by atoms with Gasteiger partial charge in [0.25, 0.3) is 0 Å². The van der Waals surface area contributed by atoms with Gasteiger partial charge >= 0.3 is 0 Å². The second-order valence-electron chi connectivity index (χ2n) is 4.99. The van der Waals surface area contributed by atoms with Crippen LogP contribution in [0.2, 0.25) is 0 Å². The van der Waals surface area contributed by atoms with E-state index < -0.39 is 0 Å². The number of nitrogens with one attached hydrogen (secondary N) is 1. The molecule has 0 saturated carbocycles. The van der Waals surface area contributed by atoms with Gasteiger partial charge in [0, 0.05) is 12.2 Å². The Hall–Kier alpha value is -0.970. The zero-order valence-electron chi connectivity index (χ0n) is 11.6. The number of hydrazine groups is 1. The summed E-state index contributed by atoms with van der Waals surface area (Å²) < 4.78 is 1.24. The molecule has 0 aromatic carbocycles. The van der Waals surface area contributed by atoms with Crippen LogP contribution >= 0.6 is 11.3 Å². The van der Waals surface area contributed by atoms with Gasteiger partial charge in [-0.05, 0) is 29.5 Å². The van der Waals surface area contributed by atoms with Gasteiger partial charge in [-0.1, -0.05) is 39.0 Å². The number of hydrogen-bond acceptors (Lipinski definition) is 4. The van der Waals surface area contributed by atoms with Crippen LogP contribution in [0.3, 0.4) is 0 Å². The van der Waals surface area contributed by atoms with Crippen molar-refractivity contribution in [3.05, 3.63) is 29.3 Å². The molecule has 2 rings (SSSR count). The van der Waals surface area contributed by atoms with Crippen molar-refractivity contribution in [1.29, 1.82) is 0 Å². The Morgan fingerprint density at radius 2 is 2.16 bits per heavy atom. The Morgan fingerprint density at radius 1 is 1.32 bits per heavy atom. The highest BCUT2D eigenvalue weighted by molar-refractivity contribution is 7.17. The topological polar surface area (TPSA) is 50.9 Å². The van der Waals surface area contributed by atoms with E-state index in [0.29, 0.717) is 0 Å². The Balaban J connectivity index is 1.92. The van der Waals surface area contributed by atoms with Crippen LogP contribution in [0.15, 0.2) is 23.7 Å². The SMILES string of the molecule is CCCCCCCC(NN)c1cnc2ccsc2c1. The van der Waals surface area contributed by atoms with Gasteiger partial charge < -0.3 is 0 Å². The molecule has 3 N–H and O–H groups in total. The van der Waals surface area contributed by atoms with Crippen molar-refractivity contribution in [2.24, 2.45) is 5.84 Å². The Morgan fingerprint density at radius 3 is 2.95 bits per heavy atom. The molecule has 1 atom stereocenters. The molecular formula is C15H23N3S. The zero-order chi connectivity index (χ0) is 13.5.